The Morgan fingerprint density at radius 2 is 2.21 bits per heavy atom. The molecule has 0 aromatic heterocycles. The van der Waals surface area contributed by atoms with E-state index in [9.17, 15) is 4.39 Å². The molecule has 1 aliphatic heterocycles. The van der Waals surface area contributed by atoms with Crippen molar-refractivity contribution in [2.45, 2.75) is 44.2 Å². The van der Waals surface area contributed by atoms with E-state index in [4.69, 9.17) is 0 Å². The van der Waals surface area contributed by atoms with Crippen LogP contribution in [0, 0.1) is 11.7 Å². The lowest BCUT2D eigenvalue weighted by Crippen LogP contribution is -2.37. The standard InChI is InChI=1S/C15H21BrFNS/c1-4-7-18-14-13-10(8-19-15(14)9(2)3)11(16)5-6-12(13)17/h5-6,9,14-15,18H,4,7-8H2,1-3H3. The first-order chi connectivity index (χ1) is 9.06. The Kier molecular flexibility index (Phi) is 5.32. The third-order valence-electron chi connectivity index (χ3n) is 3.58. The zero-order valence-electron chi connectivity index (χ0n) is 11.7. The van der Waals surface area contributed by atoms with E-state index in [1.54, 1.807) is 6.07 Å². The summed E-state index contributed by atoms with van der Waals surface area (Å²) in [5.41, 5.74) is 2.00. The molecule has 0 radical (unpaired) electrons. The largest absolute Gasteiger partial charge is 0.309 e. The summed E-state index contributed by atoms with van der Waals surface area (Å²) in [4.78, 5) is 0. The van der Waals surface area contributed by atoms with E-state index >= 15 is 0 Å². The monoisotopic (exact) mass is 345 g/mol. The first kappa shape index (κ1) is 15.3. The molecule has 4 heteroatoms. The van der Waals surface area contributed by atoms with E-state index in [-0.39, 0.29) is 11.9 Å². The van der Waals surface area contributed by atoms with Crippen LogP contribution in [0.3, 0.4) is 0 Å². The van der Waals surface area contributed by atoms with Gasteiger partial charge in [0.25, 0.3) is 0 Å². The average Bonchev–Trinajstić information content (AvgIpc) is 2.39. The lowest BCUT2D eigenvalue weighted by atomic mass is 9.92. The number of fused-ring (bicyclic) bond motifs is 1. The van der Waals surface area contributed by atoms with Gasteiger partial charge in [-0.3, -0.25) is 0 Å². The van der Waals surface area contributed by atoms with Crippen molar-refractivity contribution in [1.82, 2.24) is 5.32 Å². The predicted molar refractivity (Wildman–Crippen MR) is 85.1 cm³/mol. The lowest BCUT2D eigenvalue weighted by Gasteiger charge is -2.37. The highest BCUT2D eigenvalue weighted by molar-refractivity contribution is 9.10. The molecule has 0 fully saturated rings. The van der Waals surface area contributed by atoms with E-state index in [0.717, 1.165) is 34.3 Å². The van der Waals surface area contributed by atoms with Gasteiger partial charge in [-0.25, -0.2) is 4.39 Å². The molecule has 1 aliphatic rings. The summed E-state index contributed by atoms with van der Waals surface area (Å²) in [6.07, 6.45) is 1.07. The fourth-order valence-corrected chi connectivity index (χ4v) is 4.78. The van der Waals surface area contributed by atoms with Crippen molar-refractivity contribution in [3.63, 3.8) is 0 Å². The van der Waals surface area contributed by atoms with Crippen molar-refractivity contribution in [1.29, 1.82) is 0 Å². The van der Waals surface area contributed by atoms with Crippen LogP contribution in [0.4, 0.5) is 4.39 Å². The smallest absolute Gasteiger partial charge is 0.128 e. The molecule has 2 rings (SSSR count). The van der Waals surface area contributed by atoms with Crippen LogP contribution in [0.5, 0.6) is 0 Å². The lowest BCUT2D eigenvalue weighted by molar-refractivity contribution is 0.422. The summed E-state index contributed by atoms with van der Waals surface area (Å²) >= 11 is 5.50. The third-order valence-corrected chi connectivity index (χ3v) is 5.98. The molecular formula is C15H21BrFNS. The van der Waals surface area contributed by atoms with Crippen molar-refractivity contribution < 1.29 is 4.39 Å². The number of halogens is 2. The first-order valence-electron chi connectivity index (χ1n) is 6.88. The van der Waals surface area contributed by atoms with Gasteiger partial charge in [-0.15, -0.1) is 0 Å². The Balaban J connectivity index is 2.42. The number of benzene rings is 1. The molecule has 0 spiro atoms. The molecule has 0 amide bonds. The summed E-state index contributed by atoms with van der Waals surface area (Å²) in [6.45, 7) is 7.52. The van der Waals surface area contributed by atoms with Gasteiger partial charge in [0, 0.05) is 27.1 Å². The van der Waals surface area contributed by atoms with Gasteiger partial charge in [0.1, 0.15) is 5.82 Å². The fraction of sp³-hybridized carbons (Fsp3) is 0.600. The maximum atomic E-state index is 14.3. The molecule has 1 aromatic carbocycles. The number of hydrogen-bond acceptors (Lipinski definition) is 2. The molecule has 2 atom stereocenters. The van der Waals surface area contributed by atoms with Gasteiger partial charge < -0.3 is 5.32 Å². The second kappa shape index (κ2) is 6.59. The Morgan fingerprint density at radius 1 is 1.47 bits per heavy atom. The molecule has 0 bridgehead atoms. The topological polar surface area (TPSA) is 12.0 Å². The van der Waals surface area contributed by atoms with Crippen molar-refractivity contribution in [2.24, 2.45) is 5.92 Å². The van der Waals surface area contributed by atoms with Crippen molar-refractivity contribution in [2.75, 3.05) is 6.54 Å². The van der Waals surface area contributed by atoms with Crippen LogP contribution in [-0.4, -0.2) is 11.8 Å². The van der Waals surface area contributed by atoms with Gasteiger partial charge in [-0.2, -0.15) is 11.8 Å². The molecule has 19 heavy (non-hydrogen) atoms. The minimum Gasteiger partial charge on any atom is -0.309 e. The normalized spacial score (nSPS) is 22.6. The minimum atomic E-state index is -0.0715. The van der Waals surface area contributed by atoms with Gasteiger partial charge in [0.2, 0.25) is 0 Å². The predicted octanol–water partition coefficient (Wildman–Crippen LogP) is 4.90. The fourth-order valence-electron chi connectivity index (χ4n) is 2.63. The molecule has 1 heterocycles. The van der Waals surface area contributed by atoms with E-state index in [2.05, 4.69) is 42.0 Å². The van der Waals surface area contributed by atoms with E-state index in [1.807, 2.05) is 17.8 Å². The first-order valence-corrected chi connectivity index (χ1v) is 8.72. The Bertz CT molecular complexity index is 450. The van der Waals surface area contributed by atoms with E-state index in [1.165, 1.54) is 0 Å². The summed E-state index contributed by atoms with van der Waals surface area (Å²) in [5.74, 6) is 1.35. The van der Waals surface area contributed by atoms with Gasteiger partial charge in [-0.05, 0) is 36.6 Å². The minimum absolute atomic E-state index is 0.0715. The number of hydrogen-bond donors (Lipinski definition) is 1. The van der Waals surface area contributed by atoms with Crippen LogP contribution in [0.1, 0.15) is 44.4 Å². The number of rotatable bonds is 4. The summed E-state index contributed by atoms with van der Waals surface area (Å²) in [5, 5.41) is 3.98. The van der Waals surface area contributed by atoms with Crippen LogP contribution in [-0.2, 0) is 5.75 Å². The highest BCUT2D eigenvalue weighted by atomic mass is 79.9. The SMILES string of the molecule is CCCNC1c2c(F)ccc(Br)c2CSC1C(C)C. The van der Waals surface area contributed by atoms with Crippen LogP contribution in [0.15, 0.2) is 16.6 Å². The summed E-state index contributed by atoms with van der Waals surface area (Å²) in [7, 11) is 0. The Morgan fingerprint density at radius 3 is 2.84 bits per heavy atom. The molecule has 1 N–H and O–H groups in total. The van der Waals surface area contributed by atoms with Crippen LogP contribution >= 0.6 is 27.7 Å². The zero-order chi connectivity index (χ0) is 14.0. The maximum absolute atomic E-state index is 14.3. The molecule has 0 aliphatic carbocycles. The number of nitrogens with one attached hydrogen (secondary N) is 1. The van der Waals surface area contributed by atoms with Gasteiger partial charge in [0.15, 0.2) is 0 Å². The third kappa shape index (κ3) is 3.17. The second-order valence-electron chi connectivity index (χ2n) is 5.37. The van der Waals surface area contributed by atoms with Crippen molar-refractivity contribution in [3.8, 4) is 0 Å². The molecule has 0 saturated heterocycles. The molecule has 106 valence electrons. The average molecular weight is 346 g/mol. The highest BCUT2D eigenvalue weighted by Crippen LogP contribution is 2.44. The molecular weight excluding hydrogens is 325 g/mol. The zero-order valence-corrected chi connectivity index (χ0v) is 14.1. The molecule has 1 nitrogen and oxygen atoms in total. The van der Waals surface area contributed by atoms with Crippen LogP contribution in [0.25, 0.3) is 0 Å². The molecule has 2 unspecified atom stereocenters. The van der Waals surface area contributed by atoms with Gasteiger partial charge in [-0.1, -0.05) is 36.7 Å². The number of thioether (sulfide) groups is 1. The van der Waals surface area contributed by atoms with Crippen LogP contribution < -0.4 is 5.32 Å². The Labute approximate surface area is 127 Å². The van der Waals surface area contributed by atoms with Gasteiger partial charge in [0.05, 0.1) is 0 Å². The van der Waals surface area contributed by atoms with Crippen molar-refractivity contribution in [3.05, 3.63) is 33.5 Å². The molecule has 1 aromatic rings. The van der Waals surface area contributed by atoms with Crippen LogP contribution in [0.2, 0.25) is 0 Å². The maximum Gasteiger partial charge on any atom is 0.128 e. The van der Waals surface area contributed by atoms with Crippen molar-refractivity contribution >= 4 is 27.7 Å². The second-order valence-corrected chi connectivity index (χ2v) is 7.39. The van der Waals surface area contributed by atoms with Gasteiger partial charge >= 0.3 is 0 Å². The Hall–Kier alpha value is -0.0600. The molecule has 0 saturated carbocycles. The van der Waals surface area contributed by atoms with E-state index < -0.39 is 0 Å². The summed E-state index contributed by atoms with van der Waals surface area (Å²) in [6, 6.07) is 3.52. The highest BCUT2D eigenvalue weighted by Gasteiger charge is 2.34. The summed E-state index contributed by atoms with van der Waals surface area (Å²) < 4.78 is 15.3. The quantitative estimate of drug-likeness (QED) is 0.832. The van der Waals surface area contributed by atoms with E-state index in [0.29, 0.717) is 11.2 Å².